The van der Waals surface area contributed by atoms with Crippen LogP contribution in [0.2, 0.25) is 0 Å². The Bertz CT molecular complexity index is 844. The number of aliphatic hydroxyl groups is 4. The molecule has 128 valence electrons. The second kappa shape index (κ2) is 5.65. The third kappa shape index (κ3) is 2.48. The molecule has 1 aromatic heterocycles. The average molecular weight is 338 g/mol. The smallest absolute Gasteiger partial charge is 0.336 e. The zero-order valence-electron chi connectivity index (χ0n) is 12.1. The van der Waals surface area contributed by atoms with Crippen molar-refractivity contribution in [2.45, 2.75) is 30.2 Å². The summed E-state index contributed by atoms with van der Waals surface area (Å²) in [5.41, 5.74) is -0.721. The fourth-order valence-electron chi connectivity index (χ4n) is 2.65. The lowest BCUT2D eigenvalue weighted by Crippen LogP contribution is -2.64. The standard InChI is InChI=1S/C15H14O9/c16-9-4-2-6-1-3-7(5-8(6)23-9)15(22)13(19)11(18)10(17)12(24-15)14(20)21/h1-5,10-13,17-19,22H,(H,20,21)/t10-,11-,12-,13+,15+/m0/s1. The molecule has 0 unspecified atom stereocenters. The predicted molar refractivity (Wildman–Crippen MR) is 76.9 cm³/mol. The highest BCUT2D eigenvalue weighted by molar-refractivity contribution is 5.77. The van der Waals surface area contributed by atoms with Crippen LogP contribution in [0, 0.1) is 0 Å². The van der Waals surface area contributed by atoms with Crippen LogP contribution in [-0.4, -0.2) is 55.9 Å². The van der Waals surface area contributed by atoms with Gasteiger partial charge in [0.05, 0.1) is 0 Å². The predicted octanol–water partition coefficient (Wildman–Crippen LogP) is -1.50. The normalized spacial score (nSPS) is 33.5. The zero-order chi connectivity index (χ0) is 17.6. The molecule has 1 aromatic carbocycles. The van der Waals surface area contributed by atoms with Gasteiger partial charge in [0.2, 0.25) is 5.79 Å². The molecule has 9 heteroatoms. The molecule has 9 nitrogen and oxygen atoms in total. The van der Waals surface area contributed by atoms with Crippen molar-refractivity contribution < 1.29 is 39.5 Å². The Morgan fingerprint density at radius 2 is 1.75 bits per heavy atom. The minimum Gasteiger partial charge on any atom is -0.479 e. The molecule has 24 heavy (non-hydrogen) atoms. The van der Waals surface area contributed by atoms with E-state index in [4.69, 9.17) is 14.3 Å². The summed E-state index contributed by atoms with van der Waals surface area (Å²) in [6, 6.07) is 6.63. The maximum atomic E-state index is 11.3. The van der Waals surface area contributed by atoms with E-state index in [1.54, 1.807) is 0 Å². The number of ether oxygens (including phenoxy) is 1. The van der Waals surface area contributed by atoms with Crippen molar-refractivity contribution in [3.8, 4) is 0 Å². The zero-order valence-corrected chi connectivity index (χ0v) is 12.1. The second-order valence-electron chi connectivity index (χ2n) is 5.51. The molecule has 5 N–H and O–H groups in total. The molecule has 1 fully saturated rings. The van der Waals surface area contributed by atoms with E-state index in [1.165, 1.54) is 30.3 Å². The van der Waals surface area contributed by atoms with Crippen molar-refractivity contribution in [1.82, 2.24) is 0 Å². The van der Waals surface area contributed by atoms with Crippen molar-refractivity contribution in [2.24, 2.45) is 0 Å². The first-order chi connectivity index (χ1) is 11.2. The van der Waals surface area contributed by atoms with Crippen LogP contribution >= 0.6 is 0 Å². The minimum atomic E-state index is -2.62. The summed E-state index contributed by atoms with van der Waals surface area (Å²) in [6.07, 6.45) is -7.90. The Balaban J connectivity index is 2.11. The van der Waals surface area contributed by atoms with E-state index in [-0.39, 0.29) is 11.1 Å². The summed E-state index contributed by atoms with van der Waals surface area (Å²) >= 11 is 0. The molecule has 3 rings (SSSR count). The molecule has 2 heterocycles. The molecule has 1 saturated heterocycles. The molecule has 0 saturated carbocycles. The fourth-order valence-corrected chi connectivity index (χ4v) is 2.65. The Kier molecular flexibility index (Phi) is 3.90. The molecule has 0 bridgehead atoms. The molecule has 2 aromatic rings. The van der Waals surface area contributed by atoms with Gasteiger partial charge in [-0.15, -0.1) is 0 Å². The van der Waals surface area contributed by atoms with Gasteiger partial charge in [-0.25, -0.2) is 9.59 Å². The lowest BCUT2D eigenvalue weighted by atomic mass is 9.88. The van der Waals surface area contributed by atoms with Gasteiger partial charge in [0.15, 0.2) is 6.10 Å². The maximum absolute atomic E-state index is 11.3. The first-order valence-corrected chi connectivity index (χ1v) is 6.95. The number of hydrogen-bond acceptors (Lipinski definition) is 8. The number of fused-ring (bicyclic) bond motifs is 1. The van der Waals surface area contributed by atoms with Gasteiger partial charge >= 0.3 is 11.6 Å². The van der Waals surface area contributed by atoms with Gasteiger partial charge < -0.3 is 34.7 Å². The molecular weight excluding hydrogens is 324 g/mol. The van der Waals surface area contributed by atoms with Gasteiger partial charge in [-0.2, -0.15) is 0 Å². The lowest BCUT2D eigenvalue weighted by molar-refractivity contribution is -0.349. The highest BCUT2D eigenvalue weighted by atomic mass is 16.7. The summed E-state index contributed by atoms with van der Waals surface area (Å²) in [5, 5.41) is 49.8. The Labute approximate surface area is 134 Å². The van der Waals surface area contributed by atoms with Gasteiger partial charge in [-0.05, 0) is 12.1 Å². The average Bonchev–Trinajstić information content (AvgIpc) is 2.55. The number of aliphatic carboxylic acids is 1. The van der Waals surface area contributed by atoms with Crippen molar-refractivity contribution >= 4 is 16.9 Å². The molecule has 1 aliphatic rings. The van der Waals surface area contributed by atoms with Crippen molar-refractivity contribution in [2.75, 3.05) is 0 Å². The summed E-state index contributed by atoms with van der Waals surface area (Å²) in [6.45, 7) is 0. The molecular formula is C15H14O9. The highest BCUT2D eigenvalue weighted by Gasteiger charge is 2.56. The third-order valence-corrected chi connectivity index (χ3v) is 3.97. The van der Waals surface area contributed by atoms with E-state index < -0.39 is 41.8 Å². The fraction of sp³-hybridized carbons (Fsp3) is 0.333. The van der Waals surface area contributed by atoms with Gasteiger partial charge in [0, 0.05) is 17.0 Å². The molecule has 0 radical (unpaired) electrons. The van der Waals surface area contributed by atoms with Crippen LogP contribution < -0.4 is 5.63 Å². The van der Waals surface area contributed by atoms with E-state index in [0.717, 1.165) is 0 Å². The molecule has 1 aliphatic heterocycles. The molecule has 0 aliphatic carbocycles. The Morgan fingerprint density at radius 3 is 2.42 bits per heavy atom. The number of carboxylic acids is 1. The molecule has 5 atom stereocenters. The van der Waals surface area contributed by atoms with Crippen LogP contribution in [0.1, 0.15) is 5.56 Å². The Morgan fingerprint density at radius 1 is 1.08 bits per heavy atom. The van der Waals surface area contributed by atoms with E-state index in [9.17, 15) is 30.0 Å². The SMILES string of the molecule is O=C(O)[C@H]1O[C@](O)(c2ccc3ccc(=O)oc3c2)[C@H](O)[C@@H](O)[C@@H]1O. The van der Waals surface area contributed by atoms with E-state index in [2.05, 4.69) is 0 Å². The number of benzene rings is 1. The van der Waals surface area contributed by atoms with Gasteiger partial charge in [0.25, 0.3) is 0 Å². The van der Waals surface area contributed by atoms with Crippen LogP contribution in [0.25, 0.3) is 11.0 Å². The second-order valence-corrected chi connectivity index (χ2v) is 5.51. The van der Waals surface area contributed by atoms with Gasteiger partial charge in [-0.1, -0.05) is 12.1 Å². The largest absolute Gasteiger partial charge is 0.479 e. The quantitative estimate of drug-likeness (QED) is 0.411. The summed E-state index contributed by atoms with van der Waals surface area (Å²) in [5.74, 6) is -4.25. The van der Waals surface area contributed by atoms with Crippen molar-refractivity contribution in [3.63, 3.8) is 0 Å². The number of hydrogen-bond donors (Lipinski definition) is 5. The van der Waals surface area contributed by atoms with Crippen LogP contribution in [0.15, 0.2) is 39.5 Å². The van der Waals surface area contributed by atoms with E-state index in [1.807, 2.05) is 0 Å². The molecule has 0 spiro atoms. The van der Waals surface area contributed by atoms with Crippen molar-refractivity contribution in [3.05, 3.63) is 46.3 Å². The maximum Gasteiger partial charge on any atom is 0.336 e. The number of aliphatic hydroxyl groups excluding tert-OH is 3. The van der Waals surface area contributed by atoms with Crippen LogP contribution in [0.5, 0.6) is 0 Å². The van der Waals surface area contributed by atoms with E-state index in [0.29, 0.717) is 5.39 Å². The Hall–Kier alpha value is -2.30. The minimum absolute atomic E-state index is 0.0664. The topological polar surface area (TPSA) is 158 Å². The van der Waals surface area contributed by atoms with Crippen LogP contribution in [0.4, 0.5) is 0 Å². The summed E-state index contributed by atoms with van der Waals surface area (Å²) in [4.78, 5) is 22.4. The number of rotatable bonds is 2. The van der Waals surface area contributed by atoms with E-state index >= 15 is 0 Å². The van der Waals surface area contributed by atoms with Gasteiger partial charge in [-0.3, -0.25) is 0 Å². The number of carbonyl (C=O) groups is 1. The van der Waals surface area contributed by atoms with Crippen LogP contribution in [0.3, 0.4) is 0 Å². The summed E-state index contributed by atoms with van der Waals surface area (Å²) < 4.78 is 9.94. The van der Waals surface area contributed by atoms with Crippen molar-refractivity contribution in [1.29, 1.82) is 0 Å². The summed E-state index contributed by atoms with van der Waals surface area (Å²) in [7, 11) is 0. The number of carboxylic acid groups (broad SMARTS) is 1. The lowest BCUT2D eigenvalue weighted by Gasteiger charge is -2.44. The van der Waals surface area contributed by atoms with Crippen LogP contribution in [-0.2, 0) is 15.3 Å². The molecule has 0 amide bonds. The van der Waals surface area contributed by atoms with Gasteiger partial charge in [0.1, 0.15) is 23.9 Å². The highest BCUT2D eigenvalue weighted by Crippen LogP contribution is 2.37. The first-order valence-electron chi connectivity index (χ1n) is 6.95. The first kappa shape index (κ1) is 16.6. The third-order valence-electron chi connectivity index (χ3n) is 3.97. The monoisotopic (exact) mass is 338 g/mol.